The van der Waals surface area contributed by atoms with Crippen LogP contribution in [-0.2, 0) is 9.53 Å². The molecule has 3 heteroatoms. The van der Waals surface area contributed by atoms with Gasteiger partial charge in [0, 0.05) is 30.8 Å². The molecule has 1 heterocycles. The number of nitrogens with zero attached hydrogens (tertiary/aromatic N) is 1. The molecule has 2 aliphatic carbocycles. The monoisotopic (exact) mass is 273 g/mol. The molecule has 3 nitrogen and oxygen atoms in total. The van der Waals surface area contributed by atoms with Crippen LogP contribution in [0.5, 0.6) is 0 Å². The lowest BCUT2D eigenvalue weighted by Gasteiger charge is -2.46. The molecule has 3 rings (SSSR count). The van der Waals surface area contributed by atoms with E-state index in [4.69, 9.17) is 4.74 Å². The van der Waals surface area contributed by atoms with Crippen LogP contribution in [0, 0.1) is 11.3 Å². The van der Waals surface area contributed by atoms with E-state index in [2.05, 4.69) is 26.0 Å². The highest BCUT2D eigenvalue weighted by molar-refractivity contribution is 6.00. The van der Waals surface area contributed by atoms with Crippen LogP contribution in [0.4, 0.5) is 0 Å². The number of hydrogen-bond acceptors (Lipinski definition) is 2. The van der Waals surface area contributed by atoms with E-state index < -0.39 is 0 Å². The molecule has 0 N–H and O–H groups in total. The largest absolute Gasteiger partial charge is 0.381 e. The molecule has 0 saturated carbocycles. The Labute approximate surface area is 121 Å². The number of rotatable bonds is 1. The Balaban J connectivity index is 2.11. The molecule has 108 valence electrons. The third-order valence-electron chi connectivity index (χ3n) is 5.68. The first-order valence-electron chi connectivity index (χ1n) is 7.33. The van der Waals surface area contributed by atoms with Gasteiger partial charge in [0.25, 0.3) is 5.91 Å². The minimum Gasteiger partial charge on any atom is -0.381 e. The van der Waals surface area contributed by atoms with Gasteiger partial charge in [0.15, 0.2) is 0 Å². The summed E-state index contributed by atoms with van der Waals surface area (Å²) in [5.41, 5.74) is 4.67. The zero-order valence-corrected chi connectivity index (χ0v) is 13.0. The van der Waals surface area contributed by atoms with E-state index in [0.29, 0.717) is 5.92 Å². The van der Waals surface area contributed by atoms with E-state index in [1.165, 1.54) is 11.1 Å². The molecule has 0 fully saturated rings. The average molecular weight is 273 g/mol. The Hall–Kier alpha value is -1.35. The molecule has 3 atom stereocenters. The molecule has 0 spiro atoms. The Morgan fingerprint density at radius 1 is 1.45 bits per heavy atom. The summed E-state index contributed by atoms with van der Waals surface area (Å²) in [4.78, 5) is 14.0. The summed E-state index contributed by atoms with van der Waals surface area (Å²) in [6, 6.07) is 0. The highest BCUT2D eigenvalue weighted by atomic mass is 16.5. The highest BCUT2D eigenvalue weighted by Gasteiger charge is 2.47. The predicted octanol–water partition coefficient (Wildman–Crippen LogP) is 3.05. The summed E-state index contributed by atoms with van der Waals surface area (Å²) in [6.07, 6.45) is 6.68. The molecular formula is C17H23NO2. The van der Waals surface area contributed by atoms with E-state index in [1.807, 2.05) is 14.0 Å². The number of ether oxygens (including phenoxy) is 1. The first-order chi connectivity index (χ1) is 9.40. The first kappa shape index (κ1) is 13.6. The van der Waals surface area contributed by atoms with Crippen LogP contribution in [0.2, 0.25) is 0 Å². The van der Waals surface area contributed by atoms with Gasteiger partial charge in [-0.3, -0.25) is 4.79 Å². The summed E-state index contributed by atoms with van der Waals surface area (Å²) in [5.74, 6) is 0.594. The Bertz CT molecular complexity index is 570. The van der Waals surface area contributed by atoms with E-state index in [0.717, 1.165) is 24.1 Å². The maximum Gasteiger partial charge on any atom is 0.254 e. The van der Waals surface area contributed by atoms with Crippen molar-refractivity contribution in [2.24, 2.45) is 11.3 Å². The zero-order chi connectivity index (χ0) is 14.7. The number of likely N-dealkylation sites (N-methyl/N-ethyl adjacent to an activating group) is 1. The standard InChI is InChI=1S/C17H23NO2/c1-10-13-9-17(3)11(2)15(20-5)7-6-12(17)8-14(13)18(4)16(10)19/h6,8,11,15H,7,9H2,1-5H3. The third kappa shape index (κ3) is 1.59. The van der Waals surface area contributed by atoms with Gasteiger partial charge in [-0.25, -0.2) is 0 Å². The molecule has 20 heavy (non-hydrogen) atoms. The smallest absolute Gasteiger partial charge is 0.254 e. The van der Waals surface area contributed by atoms with Crippen LogP contribution in [0.3, 0.4) is 0 Å². The van der Waals surface area contributed by atoms with Crippen molar-refractivity contribution < 1.29 is 9.53 Å². The molecule has 0 aromatic carbocycles. The summed E-state index contributed by atoms with van der Waals surface area (Å²) in [7, 11) is 3.67. The average Bonchev–Trinajstić information content (AvgIpc) is 2.63. The van der Waals surface area contributed by atoms with E-state index >= 15 is 0 Å². The Morgan fingerprint density at radius 3 is 2.80 bits per heavy atom. The molecule has 0 aromatic rings. The van der Waals surface area contributed by atoms with E-state index in [9.17, 15) is 4.79 Å². The maximum atomic E-state index is 12.2. The van der Waals surface area contributed by atoms with Crippen LogP contribution in [0.1, 0.15) is 33.6 Å². The minimum atomic E-state index is 0.0739. The lowest BCUT2D eigenvalue weighted by Crippen LogP contribution is -2.41. The van der Waals surface area contributed by atoms with Gasteiger partial charge in [0.05, 0.1) is 6.10 Å². The van der Waals surface area contributed by atoms with Crippen molar-refractivity contribution in [1.82, 2.24) is 4.90 Å². The number of amides is 1. The van der Waals surface area contributed by atoms with Crippen LogP contribution in [0.25, 0.3) is 0 Å². The summed E-state index contributed by atoms with van der Waals surface area (Å²) < 4.78 is 5.64. The molecule has 0 bridgehead atoms. The molecule has 0 aromatic heterocycles. The van der Waals surface area contributed by atoms with E-state index in [-0.39, 0.29) is 17.4 Å². The fraction of sp³-hybridized carbons (Fsp3) is 0.588. The Morgan fingerprint density at radius 2 is 2.15 bits per heavy atom. The second kappa shape index (κ2) is 4.32. The van der Waals surface area contributed by atoms with Gasteiger partial charge >= 0.3 is 0 Å². The number of carbonyl (C=O) groups excluding carboxylic acids is 1. The van der Waals surface area contributed by atoms with Crippen molar-refractivity contribution in [2.75, 3.05) is 14.2 Å². The third-order valence-corrected chi connectivity index (χ3v) is 5.68. The topological polar surface area (TPSA) is 29.5 Å². The summed E-state index contributed by atoms with van der Waals surface area (Å²) in [5, 5.41) is 0. The van der Waals surface area contributed by atoms with Gasteiger partial charge in [-0.2, -0.15) is 0 Å². The second-order valence-corrected chi connectivity index (χ2v) is 6.55. The minimum absolute atomic E-state index is 0.0739. The van der Waals surface area contributed by atoms with Gasteiger partial charge in [-0.1, -0.05) is 19.9 Å². The van der Waals surface area contributed by atoms with Crippen LogP contribution < -0.4 is 0 Å². The molecule has 0 saturated heterocycles. The van der Waals surface area contributed by atoms with Crippen LogP contribution in [0.15, 0.2) is 34.6 Å². The number of fused-ring (bicyclic) bond motifs is 2. The lowest BCUT2D eigenvalue weighted by molar-refractivity contribution is -0.123. The molecule has 1 aliphatic heterocycles. The van der Waals surface area contributed by atoms with Gasteiger partial charge in [0.2, 0.25) is 0 Å². The maximum absolute atomic E-state index is 12.2. The number of methoxy groups -OCH3 is 1. The molecule has 3 unspecified atom stereocenters. The van der Waals surface area contributed by atoms with Gasteiger partial charge in [-0.15, -0.1) is 0 Å². The van der Waals surface area contributed by atoms with Crippen molar-refractivity contribution in [3.63, 3.8) is 0 Å². The fourth-order valence-electron chi connectivity index (χ4n) is 3.95. The van der Waals surface area contributed by atoms with Crippen molar-refractivity contribution in [3.8, 4) is 0 Å². The number of hydrogen-bond donors (Lipinski definition) is 0. The lowest BCUT2D eigenvalue weighted by atomic mass is 9.60. The molecule has 1 amide bonds. The van der Waals surface area contributed by atoms with Crippen molar-refractivity contribution >= 4 is 5.91 Å². The van der Waals surface area contributed by atoms with Crippen LogP contribution in [-0.4, -0.2) is 31.1 Å². The summed E-state index contributed by atoms with van der Waals surface area (Å²) in [6.45, 7) is 6.54. The zero-order valence-electron chi connectivity index (χ0n) is 13.0. The second-order valence-electron chi connectivity index (χ2n) is 6.55. The molecule has 0 radical (unpaired) electrons. The summed E-state index contributed by atoms with van der Waals surface area (Å²) >= 11 is 0. The van der Waals surface area contributed by atoms with Crippen LogP contribution >= 0.6 is 0 Å². The van der Waals surface area contributed by atoms with Crippen molar-refractivity contribution in [1.29, 1.82) is 0 Å². The molecular weight excluding hydrogens is 250 g/mol. The Kier molecular flexibility index (Phi) is 2.94. The highest BCUT2D eigenvalue weighted by Crippen LogP contribution is 2.53. The fourth-order valence-corrected chi connectivity index (χ4v) is 3.95. The van der Waals surface area contributed by atoms with Gasteiger partial charge in [0.1, 0.15) is 0 Å². The number of carbonyl (C=O) groups is 1. The normalized spacial score (nSPS) is 36.6. The van der Waals surface area contributed by atoms with Gasteiger partial charge < -0.3 is 9.64 Å². The first-order valence-corrected chi connectivity index (χ1v) is 7.33. The van der Waals surface area contributed by atoms with E-state index in [1.54, 1.807) is 12.0 Å². The molecule has 3 aliphatic rings. The van der Waals surface area contributed by atoms with Gasteiger partial charge in [-0.05, 0) is 42.9 Å². The SMILES string of the molecule is COC1CC=C2C=C3C(=C(C)C(=O)N3C)CC2(C)C1C. The number of allylic oxidation sites excluding steroid dienone is 3. The quantitative estimate of drug-likeness (QED) is 0.735. The van der Waals surface area contributed by atoms with Crippen molar-refractivity contribution in [3.05, 3.63) is 34.6 Å². The van der Waals surface area contributed by atoms with Crippen molar-refractivity contribution in [2.45, 2.75) is 39.7 Å². The predicted molar refractivity (Wildman–Crippen MR) is 78.9 cm³/mol.